The molecule has 4 aromatic rings. The topological polar surface area (TPSA) is 115 Å². The minimum atomic E-state index is -0.739. The molecule has 5 heterocycles. The number of piperidine rings is 2. The van der Waals surface area contributed by atoms with E-state index in [0.29, 0.717) is 48.3 Å². The van der Waals surface area contributed by atoms with Crippen molar-refractivity contribution in [3.8, 4) is 17.2 Å². The van der Waals surface area contributed by atoms with E-state index < -0.39 is 17.8 Å². The number of amides is 3. The second kappa shape index (κ2) is 15.6. The zero-order chi connectivity index (χ0) is 40.1. The number of benzene rings is 4. The Morgan fingerprint density at radius 2 is 1.60 bits per heavy atom. The van der Waals surface area contributed by atoms with E-state index in [1.54, 1.807) is 31.4 Å². The number of nitrogens with one attached hydrogen (secondary N) is 1. The zero-order valence-corrected chi connectivity index (χ0v) is 32.5. The predicted molar refractivity (Wildman–Crippen MR) is 214 cm³/mol. The Labute approximate surface area is 336 Å². The van der Waals surface area contributed by atoms with Crippen molar-refractivity contribution < 1.29 is 37.7 Å². The van der Waals surface area contributed by atoms with Crippen LogP contribution >= 0.6 is 0 Å². The second-order valence-corrected chi connectivity index (χ2v) is 16.2. The van der Waals surface area contributed by atoms with Gasteiger partial charge in [0.15, 0.2) is 0 Å². The van der Waals surface area contributed by atoms with E-state index in [-0.39, 0.29) is 60.2 Å². The third-order valence-corrected chi connectivity index (χ3v) is 12.8. The number of hydrogen-bond acceptors (Lipinski definition) is 9. The number of carbonyl (C=O) groups excluding carboxylic acids is 3. The second-order valence-electron chi connectivity index (χ2n) is 16.2. The van der Waals surface area contributed by atoms with E-state index >= 15 is 8.78 Å². The molecule has 0 unspecified atom stereocenters. The van der Waals surface area contributed by atoms with Crippen LogP contribution in [0.15, 0.2) is 72.8 Å². The van der Waals surface area contributed by atoms with Crippen molar-refractivity contribution in [2.45, 2.75) is 50.1 Å². The number of methoxy groups -OCH3 is 1. The highest BCUT2D eigenvalue weighted by Crippen LogP contribution is 2.48. The number of aromatic hydroxyl groups is 1. The highest BCUT2D eigenvalue weighted by Gasteiger charge is 2.40. The summed E-state index contributed by atoms with van der Waals surface area (Å²) < 4.78 is 43.3. The Kier molecular flexibility index (Phi) is 10.2. The number of anilines is 2. The van der Waals surface area contributed by atoms with Crippen molar-refractivity contribution in [1.82, 2.24) is 15.1 Å². The third-order valence-electron chi connectivity index (χ3n) is 12.8. The normalized spacial score (nSPS) is 22.7. The molecule has 302 valence electrons. The van der Waals surface area contributed by atoms with Crippen molar-refractivity contribution >= 4 is 29.1 Å². The number of hydrogen-bond donors (Lipinski definition) is 2. The van der Waals surface area contributed by atoms with Crippen LogP contribution in [0.3, 0.4) is 0 Å². The lowest BCUT2D eigenvalue weighted by atomic mass is 9.75. The van der Waals surface area contributed by atoms with Crippen LogP contribution in [-0.2, 0) is 16.1 Å². The summed E-state index contributed by atoms with van der Waals surface area (Å²) in [5.41, 5.74) is 4.82. The first kappa shape index (κ1) is 37.9. The molecule has 5 aliphatic rings. The molecule has 3 fully saturated rings. The number of imide groups is 1. The molecule has 0 bridgehead atoms. The summed E-state index contributed by atoms with van der Waals surface area (Å²) in [6.07, 6.45) is 2.30. The zero-order valence-electron chi connectivity index (χ0n) is 32.5. The van der Waals surface area contributed by atoms with Crippen LogP contribution in [0.4, 0.5) is 20.2 Å². The molecule has 3 atom stereocenters. The first-order chi connectivity index (χ1) is 28.1. The molecule has 0 saturated carbocycles. The summed E-state index contributed by atoms with van der Waals surface area (Å²) >= 11 is 0. The number of phenolic OH excluding ortho intramolecular Hbond substituents is 1. The summed E-state index contributed by atoms with van der Waals surface area (Å²) in [6, 6.07) is 20.9. The molecular weight excluding hydrogens is 745 g/mol. The highest BCUT2D eigenvalue weighted by atomic mass is 19.1. The van der Waals surface area contributed by atoms with Gasteiger partial charge in [0.25, 0.3) is 5.91 Å². The van der Waals surface area contributed by atoms with Crippen molar-refractivity contribution in [2.24, 2.45) is 5.92 Å². The fourth-order valence-electron chi connectivity index (χ4n) is 9.65. The van der Waals surface area contributed by atoms with Gasteiger partial charge >= 0.3 is 0 Å². The number of piperazine rings is 1. The number of carbonyl (C=O) groups is 3. The molecule has 0 aromatic heterocycles. The van der Waals surface area contributed by atoms with Crippen LogP contribution < -0.4 is 24.6 Å². The predicted octanol–water partition coefficient (Wildman–Crippen LogP) is 5.79. The Morgan fingerprint density at radius 3 is 2.36 bits per heavy atom. The molecule has 0 radical (unpaired) electrons. The van der Waals surface area contributed by atoms with Crippen molar-refractivity contribution in [2.75, 3.05) is 69.3 Å². The summed E-state index contributed by atoms with van der Waals surface area (Å²) in [6.45, 7) is 5.86. The van der Waals surface area contributed by atoms with Crippen molar-refractivity contribution in [1.29, 1.82) is 0 Å². The summed E-state index contributed by atoms with van der Waals surface area (Å²) in [5, 5.41) is 12.5. The van der Waals surface area contributed by atoms with Gasteiger partial charge in [-0.15, -0.1) is 0 Å². The number of phenols is 1. The highest BCUT2D eigenvalue weighted by molar-refractivity contribution is 6.05. The van der Waals surface area contributed by atoms with Gasteiger partial charge < -0.3 is 29.3 Å². The smallest absolute Gasteiger partial charge is 0.255 e. The molecule has 11 nitrogen and oxygen atoms in total. The Morgan fingerprint density at radius 1 is 0.828 bits per heavy atom. The molecule has 2 N–H and O–H groups in total. The standard InChI is InChI=1S/C45H47F2N5O6/c1-57-32-4-2-3-28(19-32)35-26-58-41-22-31(53)6-7-33(41)43(35)29-5-8-38(36(46)20-29)50-13-11-27(12-14-50)24-49-15-17-51(18-16-49)40-21-30-25-52(45(56)34(30)23-37(40)47)39-9-10-42(54)48-44(39)55/h2-8,19-23,27,35,39,43,53H,9-18,24-26H2,1H3,(H,48,54,55)/t35-,39+,43-/m1/s1. The summed E-state index contributed by atoms with van der Waals surface area (Å²) in [4.78, 5) is 45.3. The number of ether oxygens (including phenoxy) is 2. The molecule has 3 saturated heterocycles. The van der Waals surface area contributed by atoms with E-state index in [0.717, 1.165) is 68.0 Å². The van der Waals surface area contributed by atoms with Crippen LogP contribution in [0, 0.1) is 17.6 Å². The Balaban J connectivity index is 0.811. The van der Waals surface area contributed by atoms with E-state index in [4.69, 9.17) is 9.47 Å². The van der Waals surface area contributed by atoms with Crippen molar-refractivity contribution in [3.63, 3.8) is 0 Å². The number of rotatable bonds is 8. The van der Waals surface area contributed by atoms with Gasteiger partial charge in [0, 0.05) is 87.8 Å². The van der Waals surface area contributed by atoms with Crippen LogP contribution in [0.2, 0.25) is 0 Å². The first-order valence-electron chi connectivity index (χ1n) is 20.2. The molecule has 3 amide bonds. The molecule has 0 spiro atoms. The average molecular weight is 792 g/mol. The lowest BCUT2D eigenvalue weighted by Crippen LogP contribution is -2.52. The van der Waals surface area contributed by atoms with Gasteiger partial charge in [-0.1, -0.05) is 24.3 Å². The van der Waals surface area contributed by atoms with Gasteiger partial charge in [-0.25, -0.2) is 8.78 Å². The molecule has 0 aliphatic carbocycles. The molecular formula is C45H47F2N5O6. The maximum absolute atomic E-state index is 16.2. The maximum Gasteiger partial charge on any atom is 0.255 e. The van der Waals surface area contributed by atoms with Crippen LogP contribution in [-0.4, -0.2) is 98.2 Å². The van der Waals surface area contributed by atoms with Gasteiger partial charge in [-0.2, -0.15) is 0 Å². The monoisotopic (exact) mass is 791 g/mol. The number of fused-ring (bicyclic) bond motifs is 2. The van der Waals surface area contributed by atoms with Gasteiger partial charge in [-0.3, -0.25) is 24.6 Å². The van der Waals surface area contributed by atoms with Gasteiger partial charge in [0.1, 0.15) is 34.9 Å². The molecule has 58 heavy (non-hydrogen) atoms. The van der Waals surface area contributed by atoms with Crippen LogP contribution in [0.25, 0.3) is 0 Å². The quantitative estimate of drug-likeness (QED) is 0.214. The SMILES string of the molecule is COc1cccc([C@H]2COc3cc(O)ccc3[C@H]2c2ccc(N3CCC(CN4CCN(c5cc6c(cc5F)C(=O)N([C@H]5CCC(=O)NC5=O)C6)CC4)CC3)c(F)c2)c1. The Hall–Kier alpha value is -5.69. The molecule has 9 rings (SSSR count). The number of nitrogens with zero attached hydrogens (tertiary/aromatic N) is 4. The van der Waals surface area contributed by atoms with E-state index in [1.165, 1.54) is 11.0 Å². The van der Waals surface area contributed by atoms with Gasteiger partial charge in [-0.05, 0) is 84.3 Å². The minimum Gasteiger partial charge on any atom is -0.508 e. The Bertz CT molecular complexity index is 2250. The largest absolute Gasteiger partial charge is 0.508 e. The van der Waals surface area contributed by atoms with Crippen LogP contribution in [0.5, 0.6) is 17.2 Å². The van der Waals surface area contributed by atoms with Crippen molar-refractivity contribution in [3.05, 3.63) is 112 Å². The first-order valence-corrected chi connectivity index (χ1v) is 20.2. The van der Waals surface area contributed by atoms with E-state index in [9.17, 15) is 19.5 Å². The molecule has 5 aliphatic heterocycles. The number of halogens is 2. The van der Waals surface area contributed by atoms with Gasteiger partial charge in [0.05, 0.1) is 25.1 Å². The summed E-state index contributed by atoms with van der Waals surface area (Å²) in [5.74, 6) is -0.267. The van der Waals surface area contributed by atoms with Gasteiger partial charge in [0.2, 0.25) is 11.8 Å². The minimum absolute atomic E-state index is 0.0917. The maximum atomic E-state index is 16.2. The van der Waals surface area contributed by atoms with Crippen LogP contribution in [0.1, 0.15) is 70.1 Å². The molecule has 13 heteroatoms. The lowest BCUT2D eigenvalue weighted by Gasteiger charge is -2.40. The van der Waals surface area contributed by atoms with E-state index in [2.05, 4.69) is 15.1 Å². The van der Waals surface area contributed by atoms with E-state index in [1.807, 2.05) is 47.4 Å². The lowest BCUT2D eigenvalue weighted by molar-refractivity contribution is -0.136. The fourth-order valence-corrected chi connectivity index (χ4v) is 9.65. The third kappa shape index (κ3) is 7.20. The fraction of sp³-hybridized carbons (Fsp3) is 0.400. The molecule has 4 aromatic carbocycles. The average Bonchev–Trinajstić information content (AvgIpc) is 3.54. The summed E-state index contributed by atoms with van der Waals surface area (Å²) in [7, 11) is 1.64.